The van der Waals surface area contributed by atoms with Crippen LogP contribution in [0, 0.1) is 0 Å². The van der Waals surface area contributed by atoms with E-state index in [2.05, 4.69) is 5.10 Å². The Labute approximate surface area is 135 Å². The van der Waals surface area contributed by atoms with Crippen LogP contribution in [0.5, 0.6) is 0 Å². The Bertz CT molecular complexity index is 715. The molecule has 130 valence electrons. The normalized spacial score (nSPS) is 29.3. The molecule has 3 fully saturated rings. The molecule has 2 amide bonds. The van der Waals surface area contributed by atoms with Gasteiger partial charge in [-0.25, -0.2) is 0 Å². The fourth-order valence-electron chi connectivity index (χ4n) is 4.07. The van der Waals surface area contributed by atoms with Crippen LogP contribution in [0.15, 0.2) is 6.07 Å². The molecule has 4 rings (SSSR count). The molecule has 6 nitrogen and oxygen atoms in total. The van der Waals surface area contributed by atoms with Crippen LogP contribution in [0.1, 0.15) is 60.7 Å². The van der Waals surface area contributed by atoms with E-state index in [1.54, 1.807) is 0 Å². The average molecular weight is 342 g/mol. The highest BCUT2D eigenvalue weighted by Gasteiger charge is 2.58. The highest BCUT2D eigenvalue weighted by atomic mass is 19.4. The topological polar surface area (TPSA) is 81.2 Å². The molecule has 1 saturated carbocycles. The minimum Gasteiger partial charge on any atom is -0.368 e. The summed E-state index contributed by atoms with van der Waals surface area (Å²) in [4.78, 5) is 26.4. The number of nitrogens with two attached hydrogens (primary N) is 1. The minimum atomic E-state index is -4.61. The molecular weight excluding hydrogens is 325 g/mol. The second-order valence-electron chi connectivity index (χ2n) is 6.89. The molecular formula is C15H17F3N4O2. The van der Waals surface area contributed by atoms with Crippen LogP contribution in [0.2, 0.25) is 0 Å². The van der Waals surface area contributed by atoms with Crippen molar-refractivity contribution in [3.8, 4) is 0 Å². The first-order valence-corrected chi connectivity index (χ1v) is 8.04. The first-order chi connectivity index (χ1) is 11.2. The summed E-state index contributed by atoms with van der Waals surface area (Å²) < 4.78 is 40.2. The van der Waals surface area contributed by atoms with Crippen LogP contribution < -0.4 is 5.73 Å². The van der Waals surface area contributed by atoms with Gasteiger partial charge in [-0.2, -0.15) is 18.3 Å². The Morgan fingerprint density at radius 1 is 1.17 bits per heavy atom. The van der Waals surface area contributed by atoms with Crippen molar-refractivity contribution >= 4 is 11.8 Å². The van der Waals surface area contributed by atoms with E-state index in [1.165, 1.54) is 9.58 Å². The number of aromatic nitrogens is 2. The third-order valence-corrected chi connectivity index (χ3v) is 5.42. The molecule has 0 aromatic carbocycles. The summed E-state index contributed by atoms with van der Waals surface area (Å²) in [6.07, 6.45) is -0.963. The number of primary amides is 1. The second-order valence-corrected chi connectivity index (χ2v) is 6.89. The maximum Gasteiger partial charge on any atom is 0.435 e. The van der Waals surface area contributed by atoms with Gasteiger partial charge in [-0.3, -0.25) is 14.3 Å². The number of carbonyl (C=O) groups excluding carboxylic acids is 2. The summed E-state index contributed by atoms with van der Waals surface area (Å²) in [5, 5.41) is 3.60. The molecule has 0 unspecified atom stereocenters. The fraction of sp³-hybridized carbons (Fsp3) is 0.667. The Balaban J connectivity index is 1.75. The van der Waals surface area contributed by atoms with Crippen LogP contribution in [-0.4, -0.2) is 38.1 Å². The Hall–Kier alpha value is -2.06. The number of alkyl halides is 3. The number of fused-ring (bicyclic) bond motifs is 2. The van der Waals surface area contributed by atoms with Gasteiger partial charge in [-0.15, -0.1) is 0 Å². The molecule has 3 aliphatic rings. The van der Waals surface area contributed by atoms with Gasteiger partial charge in [0, 0.05) is 12.1 Å². The number of hydrogen-bond acceptors (Lipinski definition) is 3. The van der Waals surface area contributed by atoms with E-state index in [0.29, 0.717) is 38.5 Å². The Morgan fingerprint density at radius 2 is 1.79 bits per heavy atom. The van der Waals surface area contributed by atoms with Crippen molar-refractivity contribution in [1.82, 2.24) is 14.7 Å². The Kier molecular flexibility index (Phi) is 3.05. The average Bonchev–Trinajstić information content (AvgIpc) is 3.01. The van der Waals surface area contributed by atoms with Gasteiger partial charge in [0.15, 0.2) is 5.69 Å². The number of rotatable bonds is 3. The third kappa shape index (κ3) is 2.06. The first kappa shape index (κ1) is 15.5. The SMILES string of the molecule is NC(=O)C12CCC(CC1)N2C(=O)c1cc(C(F)(F)F)nn1C1CC1. The van der Waals surface area contributed by atoms with Crippen molar-refractivity contribution in [3.05, 3.63) is 17.5 Å². The number of carbonyl (C=O) groups is 2. The maximum atomic E-state index is 13.0. The molecule has 0 atom stereocenters. The van der Waals surface area contributed by atoms with Gasteiger partial charge in [0.1, 0.15) is 11.2 Å². The number of halogens is 3. The zero-order chi connectivity index (χ0) is 17.3. The van der Waals surface area contributed by atoms with Crippen LogP contribution >= 0.6 is 0 Å². The summed E-state index contributed by atoms with van der Waals surface area (Å²) in [5.74, 6) is -1.15. The van der Waals surface area contributed by atoms with Crippen molar-refractivity contribution in [2.45, 2.75) is 62.3 Å². The fourth-order valence-corrected chi connectivity index (χ4v) is 4.07. The zero-order valence-corrected chi connectivity index (χ0v) is 12.8. The quantitative estimate of drug-likeness (QED) is 0.910. The second kappa shape index (κ2) is 4.73. The van der Waals surface area contributed by atoms with E-state index in [9.17, 15) is 22.8 Å². The predicted octanol–water partition coefficient (Wildman–Crippen LogP) is 1.86. The summed E-state index contributed by atoms with van der Waals surface area (Å²) in [5.41, 5.74) is 3.30. The monoisotopic (exact) mass is 342 g/mol. The number of nitrogens with zero attached hydrogens (tertiary/aromatic N) is 3. The van der Waals surface area contributed by atoms with Crippen molar-refractivity contribution in [3.63, 3.8) is 0 Å². The standard InChI is InChI=1S/C15H17F3N4O2/c16-15(17,18)11-7-10(22(20-11)9-1-2-9)12(23)21-8-3-5-14(21,6-4-8)13(19)24/h7-9H,1-6H2,(H2,19,24). The highest BCUT2D eigenvalue weighted by Crippen LogP contribution is 2.47. The van der Waals surface area contributed by atoms with Gasteiger partial charge in [-0.05, 0) is 38.5 Å². The van der Waals surface area contributed by atoms with E-state index in [0.717, 1.165) is 6.07 Å². The Morgan fingerprint density at radius 3 is 2.29 bits per heavy atom. The van der Waals surface area contributed by atoms with Gasteiger partial charge >= 0.3 is 6.18 Å². The van der Waals surface area contributed by atoms with E-state index in [1.807, 2.05) is 0 Å². The van der Waals surface area contributed by atoms with Crippen LogP contribution in [0.25, 0.3) is 0 Å². The summed E-state index contributed by atoms with van der Waals surface area (Å²) >= 11 is 0. The lowest BCUT2D eigenvalue weighted by molar-refractivity contribution is -0.141. The van der Waals surface area contributed by atoms with Crippen molar-refractivity contribution in [2.24, 2.45) is 5.73 Å². The van der Waals surface area contributed by atoms with E-state index in [4.69, 9.17) is 5.73 Å². The van der Waals surface area contributed by atoms with Crippen molar-refractivity contribution < 1.29 is 22.8 Å². The molecule has 24 heavy (non-hydrogen) atoms. The smallest absolute Gasteiger partial charge is 0.368 e. The molecule has 3 heterocycles. The summed E-state index contributed by atoms with van der Waals surface area (Å²) in [6, 6.07) is 0.485. The first-order valence-electron chi connectivity index (χ1n) is 8.04. The lowest BCUT2D eigenvalue weighted by Crippen LogP contribution is -2.54. The molecule has 0 spiro atoms. The maximum absolute atomic E-state index is 13.0. The predicted molar refractivity (Wildman–Crippen MR) is 75.9 cm³/mol. The van der Waals surface area contributed by atoms with Gasteiger partial charge in [0.25, 0.3) is 5.91 Å². The molecule has 2 aliphatic heterocycles. The van der Waals surface area contributed by atoms with E-state index >= 15 is 0 Å². The number of hydrogen-bond donors (Lipinski definition) is 1. The molecule has 1 aromatic heterocycles. The van der Waals surface area contributed by atoms with Crippen molar-refractivity contribution in [1.29, 1.82) is 0 Å². The molecule has 2 N–H and O–H groups in total. The van der Waals surface area contributed by atoms with Gasteiger partial charge in [-0.1, -0.05) is 0 Å². The minimum absolute atomic E-state index is 0.0933. The van der Waals surface area contributed by atoms with Crippen LogP contribution in [0.4, 0.5) is 13.2 Å². The van der Waals surface area contributed by atoms with Crippen molar-refractivity contribution in [2.75, 3.05) is 0 Å². The van der Waals surface area contributed by atoms with Crippen LogP contribution in [-0.2, 0) is 11.0 Å². The lowest BCUT2D eigenvalue weighted by Gasteiger charge is -2.31. The number of amides is 2. The summed E-state index contributed by atoms with van der Waals surface area (Å²) in [6.45, 7) is 0. The third-order valence-electron chi connectivity index (χ3n) is 5.42. The molecule has 1 aromatic rings. The zero-order valence-electron chi connectivity index (χ0n) is 12.8. The van der Waals surface area contributed by atoms with E-state index < -0.39 is 29.2 Å². The van der Waals surface area contributed by atoms with Gasteiger partial charge < -0.3 is 10.6 Å². The molecule has 0 radical (unpaired) electrons. The molecule has 9 heteroatoms. The molecule has 2 bridgehead atoms. The van der Waals surface area contributed by atoms with Gasteiger partial charge in [0.2, 0.25) is 5.91 Å². The lowest BCUT2D eigenvalue weighted by atomic mass is 9.87. The van der Waals surface area contributed by atoms with Crippen LogP contribution in [0.3, 0.4) is 0 Å². The van der Waals surface area contributed by atoms with E-state index in [-0.39, 0.29) is 17.8 Å². The van der Waals surface area contributed by atoms with Gasteiger partial charge in [0.05, 0.1) is 6.04 Å². The molecule has 1 aliphatic carbocycles. The largest absolute Gasteiger partial charge is 0.435 e. The highest BCUT2D eigenvalue weighted by molar-refractivity contribution is 5.99. The molecule has 2 saturated heterocycles. The summed E-state index contributed by atoms with van der Waals surface area (Å²) in [7, 11) is 0.